The quantitative estimate of drug-likeness (QED) is 0.892. The van der Waals surface area contributed by atoms with Gasteiger partial charge in [0.25, 0.3) is 5.91 Å². The van der Waals surface area contributed by atoms with E-state index in [1.54, 1.807) is 23.1 Å². The summed E-state index contributed by atoms with van der Waals surface area (Å²) < 4.78 is 5.21. The van der Waals surface area contributed by atoms with Crippen molar-refractivity contribution >= 4 is 23.4 Å². The molecule has 0 spiro atoms. The minimum atomic E-state index is -0.780. The number of hydrogen-bond acceptors (Lipinski definition) is 4. The summed E-state index contributed by atoms with van der Waals surface area (Å²) in [6.07, 6.45) is -0.780. The molecule has 1 saturated heterocycles. The van der Waals surface area contributed by atoms with Crippen LogP contribution < -0.4 is 4.74 Å². The van der Waals surface area contributed by atoms with Gasteiger partial charge in [0.2, 0.25) is 5.91 Å². The van der Waals surface area contributed by atoms with Crippen LogP contribution in [0.5, 0.6) is 5.75 Å². The third kappa shape index (κ3) is 4.39. The topological polar surface area (TPSA) is 70.1 Å². The van der Waals surface area contributed by atoms with Crippen LogP contribution in [0.4, 0.5) is 0 Å². The molecule has 1 aromatic carbocycles. The fraction of sp³-hybridized carbons (Fsp3) is 0.529. The monoisotopic (exact) mass is 354 g/mol. The summed E-state index contributed by atoms with van der Waals surface area (Å²) in [5, 5.41) is 10.6. The molecule has 1 N–H and O–H groups in total. The molecule has 0 aromatic heterocycles. The van der Waals surface area contributed by atoms with Gasteiger partial charge >= 0.3 is 0 Å². The molecular formula is C17H23ClN2O4. The highest BCUT2D eigenvalue weighted by atomic mass is 35.5. The van der Waals surface area contributed by atoms with E-state index in [0.717, 1.165) is 0 Å². The third-order valence-corrected chi connectivity index (χ3v) is 4.04. The maximum atomic E-state index is 12.8. The molecular weight excluding hydrogens is 332 g/mol. The predicted molar refractivity (Wildman–Crippen MR) is 91.3 cm³/mol. The van der Waals surface area contributed by atoms with Crippen LogP contribution >= 0.6 is 11.6 Å². The summed E-state index contributed by atoms with van der Waals surface area (Å²) in [6, 6.07) is 4.71. The number of carbonyl (C=O) groups excluding carboxylic acids is 2. The van der Waals surface area contributed by atoms with Crippen molar-refractivity contribution in [1.82, 2.24) is 9.80 Å². The number of nitrogens with zero attached hydrogens (tertiary/aromatic N) is 2. The molecule has 1 aromatic rings. The first kappa shape index (κ1) is 18.5. The number of amides is 2. The number of methoxy groups -OCH3 is 1. The Morgan fingerprint density at radius 2 is 2.12 bits per heavy atom. The lowest BCUT2D eigenvalue weighted by Crippen LogP contribution is -2.40. The van der Waals surface area contributed by atoms with Crippen molar-refractivity contribution in [2.45, 2.75) is 20.0 Å². The van der Waals surface area contributed by atoms with Crippen molar-refractivity contribution in [3.05, 3.63) is 28.8 Å². The van der Waals surface area contributed by atoms with Crippen LogP contribution in [-0.2, 0) is 4.79 Å². The van der Waals surface area contributed by atoms with Crippen molar-refractivity contribution in [2.24, 2.45) is 5.92 Å². The van der Waals surface area contributed by atoms with Gasteiger partial charge in [-0.15, -0.1) is 0 Å². The van der Waals surface area contributed by atoms with Gasteiger partial charge in [-0.1, -0.05) is 25.4 Å². The maximum Gasteiger partial charge on any atom is 0.258 e. The van der Waals surface area contributed by atoms with Crippen LogP contribution in [0.25, 0.3) is 0 Å². The lowest BCUT2D eigenvalue weighted by molar-refractivity contribution is -0.131. The van der Waals surface area contributed by atoms with E-state index in [4.69, 9.17) is 16.3 Å². The van der Waals surface area contributed by atoms with E-state index >= 15 is 0 Å². The van der Waals surface area contributed by atoms with Gasteiger partial charge in [0, 0.05) is 24.7 Å². The van der Waals surface area contributed by atoms with Gasteiger partial charge in [-0.2, -0.15) is 0 Å². The lowest BCUT2D eigenvalue weighted by atomic mass is 10.1. The van der Waals surface area contributed by atoms with Crippen LogP contribution in [0, 0.1) is 5.92 Å². The van der Waals surface area contributed by atoms with E-state index in [9.17, 15) is 14.7 Å². The Hall–Kier alpha value is -1.79. The Bertz CT molecular complexity index is 621. The summed E-state index contributed by atoms with van der Waals surface area (Å²) in [6.45, 7) is 4.85. The van der Waals surface area contributed by atoms with Crippen molar-refractivity contribution in [3.63, 3.8) is 0 Å². The molecule has 7 heteroatoms. The standard InChI is InChI=1S/C17H23ClN2O4/c1-11(2)7-19-8-13(21)9-20(10-16(19)22)17(23)14-5-4-12(18)6-15(14)24-3/h4-6,11,13,21H,7-10H2,1-3H3. The molecule has 2 rings (SSSR count). The number of aliphatic hydroxyl groups excluding tert-OH is 1. The molecule has 1 aliphatic rings. The number of benzene rings is 1. The van der Waals surface area contributed by atoms with Gasteiger partial charge in [-0.05, 0) is 24.1 Å². The zero-order valence-corrected chi connectivity index (χ0v) is 14.9. The number of ether oxygens (including phenoxy) is 1. The van der Waals surface area contributed by atoms with Gasteiger partial charge in [0.15, 0.2) is 0 Å². The molecule has 1 fully saturated rings. The average Bonchev–Trinajstić information content (AvgIpc) is 2.65. The molecule has 6 nitrogen and oxygen atoms in total. The second kappa shape index (κ2) is 7.85. The van der Waals surface area contributed by atoms with E-state index in [0.29, 0.717) is 28.8 Å². The minimum absolute atomic E-state index is 0.0611. The van der Waals surface area contributed by atoms with Gasteiger partial charge in [-0.3, -0.25) is 9.59 Å². The van der Waals surface area contributed by atoms with Crippen LogP contribution in [0.15, 0.2) is 18.2 Å². The molecule has 2 amide bonds. The Morgan fingerprint density at radius 1 is 1.42 bits per heavy atom. The molecule has 24 heavy (non-hydrogen) atoms. The highest BCUT2D eigenvalue weighted by molar-refractivity contribution is 6.30. The summed E-state index contributed by atoms with van der Waals surface area (Å²) in [5.41, 5.74) is 0.319. The SMILES string of the molecule is COc1cc(Cl)ccc1C(=O)N1CC(=O)N(CC(C)C)CC(O)C1. The number of aliphatic hydroxyl groups is 1. The van der Waals surface area contributed by atoms with E-state index in [1.807, 2.05) is 13.8 Å². The number of halogens is 1. The highest BCUT2D eigenvalue weighted by Crippen LogP contribution is 2.25. The van der Waals surface area contributed by atoms with E-state index in [1.165, 1.54) is 12.0 Å². The maximum absolute atomic E-state index is 12.8. The Balaban J connectivity index is 2.22. The van der Waals surface area contributed by atoms with Crippen molar-refractivity contribution < 1.29 is 19.4 Å². The summed E-state index contributed by atoms with van der Waals surface area (Å²) >= 11 is 5.92. The number of carbonyl (C=O) groups is 2. The third-order valence-electron chi connectivity index (χ3n) is 3.81. The first-order chi connectivity index (χ1) is 11.3. The highest BCUT2D eigenvalue weighted by Gasteiger charge is 2.31. The second-order valence-corrected chi connectivity index (χ2v) is 6.81. The van der Waals surface area contributed by atoms with E-state index in [-0.39, 0.29) is 31.4 Å². The molecule has 0 radical (unpaired) electrons. The van der Waals surface area contributed by atoms with Crippen molar-refractivity contribution in [3.8, 4) is 5.75 Å². The molecule has 0 aliphatic carbocycles. The van der Waals surface area contributed by atoms with Crippen molar-refractivity contribution in [2.75, 3.05) is 33.3 Å². The van der Waals surface area contributed by atoms with E-state index < -0.39 is 6.10 Å². The van der Waals surface area contributed by atoms with Crippen molar-refractivity contribution in [1.29, 1.82) is 0 Å². The Morgan fingerprint density at radius 3 is 2.75 bits per heavy atom. The van der Waals surface area contributed by atoms with Gasteiger partial charge in [0.05, 0.1) is 18.8 Å². The molecule has 1 heterocycles. The number of hydrogen-bond donors (Lipinski definition) is 1. The van der Waals surface area contributed by atoms with Gasteiger partial charge in [-0.25, -0.2) is 0 Å². The Kier molecular flexibility index (Phi) is 6.07. The zero-order chi connectivity index (χ0) is 17.9. The number of rotatable bonds is 4. The summed E-state index contributed by atoms with van der Waals surface area (Å²) in [5.74, 6) is 0.112. The lowest BCUT2D eigenvalue weighted by Gasteiger charge is -2.23. The molecule has 1 unspecified atom stereocenters. The predicted octanol–water partition coefficient (Wildman–Crippen LogP) is 1.65. The fourth-order valence-electron chi connectivity index (χ4n) is 2.78. The summed E-state index contributed by atoms with van der Waals surface area (Å²) in [4.78, 5) is 28.2. The van der Waals surface area contributed by atoms with Crippen LogP contribution in [0.1, 0.15) is 24.2 Å². The molecule has 0 saturated carbocycles. The largest absolute Gasteiger partial charge is 0.496 e. The second-order valence-electron chi connectivity index (χ2n) is 6.38. The molecule has 1 aliphatic heterocycles. The summed E-state index contributed by atoms with van der Waals surface area (Å²) in [7, 11) is 1.45. The van der Waals surface area contributed by atoms with Crippen LogP contribution in [-0.4, -0.2) is 66.1 Å². The Labute approximate surface area is 146 Å². The van der Waals surface area contributed by atoms with Crippen LogP contribution in [0.3, 0.4) is 0 Å². The fourth-order valence-corrected chi connectivity index (χ4v) is 2.94. The minimum Gasteiger partial charge on any atom is -0.496 e. The molecule has 1 atom stereocenters. The van der Waals surface area contributed by atoms with Gasteiger partial charge < -0.3 is 19.6 Å². The average molecular weight is 355 g/mol. The first-order valence-corrected chi connectivity index (χ1v) is 8.28. The first-order valence-electron chi connectivity index (χ1n) is 7.90. The zero-order valence-electron chi connectivity index (χ0n) is 14.2. The molecule has 0 bridgehead atoms. The molecule has 132 valence electrons. The normalized spacial score (nSPS) is 18.8. The smallest absolute Gasteiger partial charge is 0.258 e. The van der Waals surface area contributed by atoms with Gasteiger partial charge in [0.1, 0.15) is 12.3 Å². The van der Waals surface area contributed by atoms with E-state index in [2.05, 4.69) is 0 Å². The number of β-amino-alcohol motifs (C(OH)–C–C–N with tert-alkyl or cyclic N) is 1. The van der Waals surface area contributed by atoms with Crippen LogP contribution in [0.2, 0.25) is 5.02 Å².